The first-order valence-corrected chi connectivity index (χ1v) is 5.38. The Bertz CT molecular complexity index is 312. The average molecular weight is 205 g/mol. The molecular weight excluding hydrogens is 186 g/mol. The molecule has 1 aliphatic rings. The molecule has 0 saturated heterocycles. The first-order valence-electron chi connectivity index (χ1n) is 5.38. The minimum Gasteiger partial charge on any atom is -0.375 e. The Kier molecular flexibility index (Phi) is 3.89. The lowest BCUT2D eigenvalue weighted by Crippen LogP contribution is -2.41. The van der Waals surface area contributed by atoms with E-state index in [0.29, 0.717) is 0 Å². The van der Waals surface area contributed by atoms with Crippen molar-refractivity contribution in [3.8, 4) is 0 Å². The zero-order chi connectivity index (χ0) is 11.4. The maximum absolute atomic E-state index is 11.8. The third-order valence-corrected chi connectivity index (χ3v) is 2.74. The molecule has 1 N–H and O–H groups in total. The molecule has 0 spiro atoms. The van der Waals surface area contributed by atoms with E-state index in [0.717, 1.165) is 24.1 Å². The largest absolute Gasteiger partial charge is 0.375 e. The molecule has 2 heteroatoms. The van der Waals surface area contributed by atoms with E-state index < -0.39 is 0 Å². The quantitative estimate of drug-likeness (QED) is 0.764. The summed E-state index contributed by atoms with van der Waals surface area (Å²) in [4.78, 5) is 11.8. The van der Waals surface area contributed by atoms with Crippen LogP contribution in [-0.4, -0.2) is 11.8 Å². The molecule has 0 aromatic heterocycles. The van der Waals surface area contributed by atoms with Crippen molar-refractivity contribution in [2.75, 3.05) is 0 Å². The summed E-state index contributed by atoms with van der Waals surface area (Å²) in [6.45, 7) is 11.4. The minimum atomic E-state index is -0.0540. The highest BCUT2D eigenvalue weighted by atomic mass is 16.1. The maximum atomic E-state index is 11.8. The maximum Gasteiger partial charge on any atom is 0.157 e. The summed E-state index contributed by atoms with van der Waals surface area (Å²) in [5.41, 5.74) is 2.10. The molecule has 1 aliphatic heterocycles. The van der Waals surface area contributed by atoms with Gasteiger partial charge in [-0.05, 0) is 24.5 Å². The van der Waals surface area contributed by atoms with Crippen LogP contribution in [0.2, 0.25) is 0 Å². The van der Waals surface area contributed by atoms with Crippen LogP contribution in [0.5, 0.6) is 0 Å². The van der Waals surface area contributed by atoms with Crippen molar-refractivity contribution in [3.63, 3.8) is 0 Å². The molecule has 0 amide bonds. The van der Waals surface area contributed by atoms with Crippen molar-refractivity contribution in [2.45, 2.75) is 32.7 Å². The monoisotopic (exact) mass is 205 g/mol. The summed E-state index contributed by atoms with van der Waals surface area (Å²) in [7, 11) is 0. The van der Waals surface area contributed by atoms with Crippen LogP contribution in [0.3, 0.4) is 0 Å². The van der Waals surface area contributed by atoms with Gasteiger partial charge >= 0.3 is 0 Å². The van der Waals surface area contributed by atoms with Crippen LogP contribution < -0.4 is 5.32 Å². The summed E-state index contributed by atoms with van der Waals surface area (Å²) < 4.78 is 0. The van der Waals surface area contributed by atoms with E-state index in [1.165, 1.54) is 0 Å². The van der Waals surface area contributed by atoms with Gasteiger partial charge in [0.25, 0.3) is 0 Å². The number of ketones is 1. The highest BCUT2D eigenvalue weighted by molar-refractivity contribution is 5.86. The van der Waals surface area contributed by atoms with Gasteiger partial charge in [-0.1, -0.05) is 33.1 Å². The Labute approximate surface area is 91.8 Å². The molecule has 0 aromatic rings. The molecule has 1 heterocycles. The molecule has 1 atom stereocenters. The predicted molar refractivity (Wildman–Crippen MR) is 63.4 cm³/mol. The molecule has 0 bridgehead atoms. The highest BCUT2D eigenvalue weighted by Crippen LogP contribution is 2.21. The SMILES string of the molecule is C=CC1=C(C=C)NC(C(=O)C(C)C)CC1. The third-order valence-electron chi connectivity index (χ3n) is 2.74. The summed E-state index contributed by atoms with van der Waals surface area (Å²) in [6, 6.07) is -0.0540. The highest BCUT2D eigenvalue weighted by Gasteiger charge is 2.24. The van der Waals surface area contributed by atoms with Crippen LogP contribution in [0.25, 0.3) is 0 Å². The molecule has 0 fully saturated rings. The Morgan fingerprint density at radius 1 is 1.47 bits per heavy atom. The van der Waals surface area contributed by atoms with Crippen molar-refractivity contribution in [3.05, 3.63) is 36.6 Å². The Morgan fingerprint density at radius 3 is 2.60 bits per heavy atom. The van der Waals surface area contributed by atoms with E-state index in [1.807, 2.05) is 19.9 Å². The summed E-state index contributed by atoms with van der Waals surface area (Å²) in [5.74, 6) is 0.358. The predicted octanol–water partition coefficient (Wildman–Crippen LogP) is 2.59. The van der Waals surface area contributed by atoms with Crippen LogP contribution in [0.4, 0.5) is 0 Å². The summed E-state index contributed by atoms with van der Waals surface area (Å²) in [5, 5.41) is 3.23. The minimum absolute atomic E-state index is 0.0540. The van der Waals surface area contributed by atoms with Gasteiger partial charge in [-0.25, -0.2) is 0 Å². The van der Waals surface area contributed by atoms with Gasteiger partial charge in [0.15, 0.2) is 5.78 Å². The van der Waals surface area contributed by atoms with Crippen LogP contribution in [0, 0.1) is 5.92 Å². The van der Waals surface area contributed by atoms with Gasteiger partial charge in [0.05, 0.1) is 6.04 Å². The van der Waals surface area contributed by atoms with Gasteiger partial charge in [0, 0.05) is 11.6 Å². The van der Waals surface area contributed by atoms with Crippen molar-refractivity contribution < 1.29 is 4.79 Å². The molecule has 1 unspecified atom stereocenters. The lowest BCUT2D eigenvalue weighted by Gasteiger charge is -2.27. The van der Waals surface area contributed by atoms with E-state index in [-0.39, 0.29) is 17.7 Å². The average Bonchev–Trinajstić information content (AvgIpc) is 2.26. The second-order valence-corrected chi connectivity index (χ2v) is 4.14. The van der Waals surface area contributed by atoms with Gasteiger partial charge in [0.2, 0.25) is 0 Å². The Balaban J connectivity index is 2.80. The van der Waals surface area contributed by atoms with Crippen LogP contribution >= 0.6 is 0 Å². The molecule has 0 aromatic carbocycles. The summed E-state index contributed by atoms with van der Waals surface area (Å²) >= 11 is 0. The zero-order valence-corrected chi connectivity index (χ0v) is 9.55. The second kappa shape index (κ2) is 4.96. The van der Waals surface area contributed by atoms with Gasteiger partial charge in [-0.2, -0.15) is 0 Å². The van der Waals surface area contributed by atoms with Crippen LogP contribution in [0.1, 0.15) is 26.7 Å². The van der Waals surface area contributed by atoms with E-state index in [9.17, 15) is 4.79 Å². The van der Waals surface area contributed by atoms with Crippen molar-refractivity contribution in [1.82, 2.24) is 5.32 Å². The van der Waals surface area contributed by atoms with Crippen LogP contribution in [-0.2, 0) is 4.79 Å². The van der Waals surface area contributed by atoms with Gasteiger partial charge in [0.1, 0.15) is 0 Å². The standard InChI is InChI=1S/C13H19NO/c1-5-10-7-8-12(13(15)9(3)4)14-11(10)6-2/h5-6,9,12,14H,1-2,7-8H2,3-4H3. The molecule has 0 aliphatic carbocycles. The number of rotatable bonds is 4. The second-order valence-electron chi connectivity index (χ2n) is 4.14. The number of nitrogens with one attached hydrogen (secondary N) is 1. The van der Waals surface area contributed by atoms with Crippen molar-refractivity contribution >= 4 is 5.78 Å². The molecule has 1 rings (SSSR count). The smallest absolute Gasteiger partial charge is 0.157 e. The Hall–Kier alpha value is -1.31. The molecular formula is C13H19NO. The first kappa shape index (κ1) is 11.8. The zero-order valence-electron chi connectivity index (χ0n) is 9.55. The molecule has 82 valence electrons. The van der Waals surface area contributed by atoms with Gasteiger partial charge < -0.3 is 5.32 Å². The lowest BCUT2D eigenvalue weighted by molar-refractivity contribution is -0.124. The number of carbonyl (C=O) groups excluding carboxylic acids is 1. The molecule has 0 saturated carbocycles. The van der Waals surface area contributed by atoms with Crippen molar-refractivity contribution in [1.29, 1.82) is 0 Å². The topological polar surface area (TPSA) is 29.1 Å². The molecule has 15 heavy (non-hydrogen) atoms. The first-order chi connectivity index (χ1) is 7.10. The van der Waals surface area contributed by atoms with Gasteiger partial charge in [-0.15, -0.1) is 0 Å². The van der Waals surface area contributed by atoms with Crippen molar-refractivity contribution in [2.24, 2.45) is 5.92 Å². The number of carbonyl (C=O) groups is 1. The fraction of sp³-hybridized carbons (Fsp3) is 0.462. The third kappa shape index (κ3) is 2.58. The number of allylic oxidation sites excluding steroid dienone is 3. The normalized spacial score (nSPS) is 21.1. The number of hydrogen-bond acceptors (Lipinski definition) is 2. The summed E-state index contributed by atoms with van der Waals surface area (Å²) in [6.07, 6.45) is 5.35. The lowest BCUT2D eigenvalue weighted by atomic mass is 9.91. The molecule has 0 radical (unpaired) electrons. The fourth-order valence-corrected chi connectivity index (χ4v) is 1.80. The van der Waals surface area contributed by atoms with E-state index in [4.69, 9.17) is 0 Å². The van der Waals surface area contributed by atoms with Gasteiger partial charge in [-0.3, -0.25) is 4.79 Å². The molecule has 2 nitrogen and oxygen atoms in total. The van der Waals surface area contributed by atoms with E-state index >= 15 is 0 Å². The number of Topliss-reactive ketones (excluding diaryl/α,β-unsaturated/α-hetero) is 1. The van der Waals surface area contributed by atoms with E-state index in [2.05, 4.69) is 18.5 Å². The van der Waals surface area contributed by atoms with Crippen LogP contribution in [0.15, 0.2) is 36.6 Å². The van der Waals surface area contributed by atoms with E-state index in [1.54, 1.807) is 6.08 Å². The number of hydrogen-bond donors (Lipinski definition) is 1. The fourth-order valence-electron chi connectivity index (χ4n) is 1.80. The Morgan fingerprint density at radius 2 is 2.13 bits per heavy atom.